The number of hydrogen-bond donors (Lipinski definition) is 4. The number of aliphatic hydroxyl groups excluding tert-OH is 1. The molecule has 1 aromatic rings. The van der Waals surface area contributed by atoms with Crippen LogP contribution in [-0.2, 0) is 4.79 Å². The average Bonchev–Trinajstić information content (AvgIpc) is 2.88. The van der Waals surface area contributed by atoms with Gasteiger partial charge in [0.2, 0.25) is 0 Å². The van der Waals surface area contributed by atoms with Gasteiger partial charge in [-0.15, -0.1) is 0 Å². The molecule has 1 atom stereocenters. The predicted octanol–water partition coefficient (Wildman–Crippen LogP) is 0.233. The van der Waals surface area contributed by atoms with Crippen LogP contribution in [0.2, 0.25) is 0 Å². The van der Waals surface area contributed by atoms with Crippen molar-refractivity contribution in [1.29, 1.82) is 0 Å². The highest BCUT2D eigenvalue weighted by atomic mass is 16.5. The van der Waals surface area contributed by atoms with Crippen molar-refractivity contribution < 1.29 is 24.5 Å². The zero-order chi connectivity index (χ0) is 17.3. The van der Waals surface area contributed by atoms with Crippen molar-refractivity contribution in [3.05, 3.63) is 35.0 Å². The van der Waals surface area contributed by atoms with Gasteiger partial charge in [0.25, 0.3) is 5.91 Å². The molecule has 3 amide bonds. The Morgan fingerprint density at radius 2 is 2.17 bits per heavy atom. The minimum absolute atomic E-state index is 0.00234. The van der Waals surface area contributed by atoms with Gasteiger partial charge in [-0.2, -0.15) is 0 Å². The van der Waals surface area contributed by atoms with E-state index >= 15 is 0 Å². The summed E-state index contributed by atoms with van der Waals surface area (Å²) in [6.45, 7) is 0.731. The fourth-order valence-corrected chi connectivity index (χ4v) is 2.99. The van der Waals surface area contributed by atoms with Gasteiger partial charge in [0.1, 0.15) is 0 Å². The molecule has 0 radical (unpaired) electrons. The molecule has 0 spiro atoms. The van der Waals surface area contributed by atoms with Crippen molar-refractivity contribution in [2.45, 2.75) is 12.5 Å². The average molecular weight is 333 g/mol. The summed E-state index contributed by atoms with van der Waals surface area (Å²) in [5, 5.41) is 24.1. The second kappa shape index (κ2) is 6.40. The van der Waals surface area contributed by atoms with Gasteiger partial charge in [0.15, 0.2) is 11.5 Å². The van der Waals surface area contributed by atoms with Crippen LogP contribution >= 0.6 is 0 Å². The SMILES string of the molecule is COc1cc([C@H]2NC(=O)NC3=C2C(=O)N(CCCO)C3)ccc1O. The molecule has 8 nitrogen and oxygen atoms in total. The number of phenolic OH excluding ortho intramolecular Hbond substituents is 1. The van der Waals surface area contributed by atoms with E-state index in [0.717, 1.165) is 0 Å². The maximum atomic E-state index is 12.7. The summed E-state index contributed by atoms with van der Waals surface area (Å²) < 4.78 is 5.10. The van der Waals surface area contributed by atoms with E-state index in [1.165, 1.54) is 13.2 Å². The van der Waals surface area contributed by atoms with Crippen LogP contribution in [0.1, 0.15) is 18.0 Å². The first-order valence-electron chi connectivity index (χ1n) is 7.62. The molecule has 3 rings (SSSR count). The fraction of sp³-hybridized carbons (Fsp3) is 0.375. The number of amides is 3. The number of ether oxygens (including phenoxy) is 1. The van der Waals surface area contributed by atoms with Crippen molar-refractivity contribution in [2.24, 2.45) is 0 Å². The Bertz CT molecular complexity index is 716. The van der Waals surface area contributed by atoms with Crippen LogP contribution in [0, 0.1) is 0 Å². The van der Waals surface area contributed by atoms with Crippen LogP contribution in [0.3, 0.4) is 0 Å². The highest BCUT2D eigenvalue weighted by Crippen LogP contribution is 2.36. The summed E-state index contributed by atoms with van der Waals surface area (Å²) in [6, 6.07) is 3.70. The molecule has 0 saturated carbocycles. The van der Waals surface area contributed by atoms with Crippen molar-refractivity contribution in [1.82, 2.24) is 15.5 Å². The molecule has 128 valence electrons. The summed E-state index contributed by atoms with van der Waals surface area (Å²) >= 11 is 0. The molecule has 0 saturated heterocycles. The van der Waals surface area contributed by atoms with Gasteiger partial charge in [-0.25, -0.2) is 4.79 Å². The van der Waals surface area contributed by atoms with Crippen molar-refractivity contribution in [3.8, 4) is 11.5 Å². The normalized spacial score (nSPS) is 19.9. The first kappa shape index (κ1) is 16.1. The summed E-state index contributed by atoms with van der Waals surface area (Å²) in [5.41, 5.74) is 1.68. The third kappa shape index (κ3) is 2.76. The number of nitrogens with one attached hydrogen (secondary N) is 2. The Labute approximate surface area is 138 Å². The van der Waals surface area contributed by atoms with E-state index < -0.39 is 6.04 Å². The minimum Gasteiger partial charge on any atom is -0.504 e. The molecule has 4 N–H and O–H groups in total. The number of aromatic hydroxyl groups is 1. The molecule has 1 aromatic carbocycles. The molecule has 0 fully saturated rings. The highest BCUT2D eigenvalue weighted by Gasteiger charge is 2.40. The largest absolute Gasteiger partial charge is 0.504 e. The van der Waals surface area contributed by atoms with E-state index in [1.807, 2.05) is 0 Å². The maximum absolute atomic E-state index is 12.7. The monoisotopic (exact) mass is 333 g/mol. The van der Waals surface area contributed by atoms with Crippen LogP contribution in [0.5, 0.6) is 11.5 Å². The van der Waals surface area contributed by atoms with Gasteiger partial charge in [0, 0.05) is 13.2 Å². The second-order valence-corrected chi connectivity index (χ2v) is 5.66. The number of aliphatic hydroxyl groups is 1. The topological polar surface area (TPSA) is 111 Å². The third-order valence-electron chi connectivity index (χ3n) is 4.14. The quantitative estimate of drug-likeness (QED) is 0.617. The van der Waals surface area contributed by atoms with Gasteiger partial charge in [-0.1, -0.05) is 6.07 Å². The van der Waals surface area contributed by atoms with E-state index in [2.05, 4.69) is 10.6 Å². The number of carbonyl (C=O) groups is 2. The molecular weight excluding hydrogens is 314 g/mol. The molecular formula is C16H19N3O5. The van der Waals surface area contributed by atoms with Crippen LogP contribution in [-0.4, -0.2) is 53.9 Å². The van der Waals surface area contributed by atoms with Gasteiger partial charge < -0.3 is 30.5 Å². The maximum Gasteiger partial charge on any atom is 0.319 e. The van der Waals surface area contributed by atoms with Crippen LogP contribution in [0.15, 0.2) is 29.5 Å². The first-order valence-corrected chi connectivity index (χ1v) is 7.62. The summed E-state index contributed by atoms with van der Waals surface area (Å²) in [4.78, 5) is 26.2. The molecule has 0 bridgehead atoms. The lowest BCUT2D eigenvalue weighted by atomic mass is 9.96. The fourth-order valence-electron chi connectivity index (χ4n) is 2.99. The predicted molar refractivity (Wildman–Crippen MR) is 84.4 cm³/mol. The van der Waals surface area contributed by atoms with E-state index in [1.54, 1.807) is 17.0 Å². The summed E-state index contributed by atoms with van der Waals surface area (Å²) in [7, 11) is 1.43. The first-order chi connectivity index (χ1) is 11.5. The number of hydrogen-bond acceptors (Lipinski definition) is 5. The van der Waals surface area contributed by atoms with Gasteiger partial charge in [-0.3, -0.25) is 4.79 Å². The molecule has 8 heteroatoms. The standard InChI is InChI=1S/C16H19N3O5/c1-24-12-7-9(3-4-11(12)21)14-13-10(17-16(23)18-14)8-19(15(13)22)5-2-6-20/h3-4,7,14,20-21H,2,5-6,8H2,1H3,(H2,17,18,23)/t14-/m1/s1. The van der Waals surface area contributed by atoms with Gasteiger partial charge >= 0.3 is 6.03 Å². The van der Waals surface area contributed by atoms with E-state index in [9.17, 15) is 14.7 Å². The second-order valence-electron chi connectivity index (χ2n) is 5.66. The summed E-state index contributed by atoms with van der Waals surface area (Å²) in [5.74, 6) is 0.0750. The number of carbonyl (C=O) groups excluding carboxylic acids is 2. The van der Waals surface area contributed by atoms with E-state index in [0.29, 0.717) is 36.3 Å². The Kier molecular flexibility index (Phi) is 4.30. The van der Waals surface area contributed by atoms with Crippen LogP contribution in [0.4, 0.5) is 4.79 Å². The van der Waals surface area contributed by atoms with Crippen LogP contribution in [0.25, 0.3) is 0 Å². The minimum atomic E-state index is -0.616. The Balaban J connectivity index is 1.94. The van der Waals surface area contributed by atoms with Gasteiger partial charge in [-0.05, 0) is 24.1 Å². The number of nitrogens with zero attached hydrogens (tertiary/aromatic N) is 1. The van der Waals surface area contributed by atoms with Crippen molar-refractivity contribution in [3.63, 3.8) is 0 Å². The molecule has 2 aliphatic heterocycles. The third-order valence-corrected chi connectivity index (χ3v) is 4.14. The Morgan fingerprint density at radius 1 is 1.38 bits per heavy atom. The summed E-state index contributed by atoms with van der Waals surface area (Å²) in [6.07, 6.45) is 0.478. The van der Waals surface area contributed by atoms with E-state index in [4.69, 9.17) is 9.84 Å². The van der Waals surface area contributed by atoms with Crippen LogP contribution < -0.4 is 15.4 Å². The zero-order valence-electron chi connectivity index (χ0n) is 13.2. The van der Waals surface area contributed by atoms with E-state index in [-0.39, 0.29) is 30.0 Å². The molecule has 2 heterocycles. The number of methoxy groups -OCH3 is 1. The highest BCUT2D eigenvalue weighted by molar-refractivity contribution is 6.01. The Hall–Kier alpha value is -2.74. The molecule has 2 aliphatic rings. The molecule has 0 aromatic heterocycles. The number of urea groups is 1. The molecule has 24 heavy (non-hydrogen) atoms. The molecule has 0 unspecified atom stereocenters. The number of rotatable bonds is 5. The lowest BCUT2D eigenvalue weighted by molar-refractivity contribution is -0.125. The Morgan fingerprint density at radius 3 is 2.88 bits per heavy atom. The lowest BCUT2D eigenvalue weighted by Crippen LogP contribution is -2.44. The van der Waals surface area contributed by atoms with Crippen molar-refractivity contribution >= 4 is 11.9 Å². The van der Waals surface area contributed by atoms with Crippen molar-refractivity contribution in [2.75, 3.05) is 26.8 Å². The lowest BCUT2D eigenvalue weighted by Gasteiger charge is -2.26. The molecule has 0 aliphatic carbocycles. The zero-order valence-corrected chi connectivity index (χ0v) is 13.2. The smallest absolute Gasteiger partial charge is 0.319 e. The van der Waals surface area contributed by atoms with Gasteiger partial charge in [0.05, 0.1) is 31.0 Å². The number of benzene rings is 1. The number of phenols is 1.